The first-order valence-electron chi connectivity index (χ1n) is 8.10. The number of hydrogen-bond acceptors (Lipinski definition) is 4. The third kappa shape index (κ3) is 4.54. The van der Waals surface area contributed by atoms with Gasteiger partial charge in [-0.25, -0.2) is 12.7 Å². The van der Waals surface area contributed by atoms with Gasteiger partial charge in [0.2, 0.25) is 10.0 Å². The summed E-state index contributed by atoms with van der Waals surface area (Å²) in [6.07, 6.45) is 1.94. The van der Waals surface area contributed by atoms with Crippen LogP contribution in [0.1, 0.15) is 37.3 Å². The third-order valence-corrected chi connectivity index (χ3v) is 6.17. The molecule has 128 valence electrons. The van der Waals surface area contributed by atoms with Crippen LogP contribution in [0.2, 0.25) is 0 Å². The Kier molecular flexibility index (Phi) is 5.81. The van der Waals surface area contributed by atoms with E-state index >= 15 is 0 Å². The van der Waals surface area contributed by atoms with Crippen LogP contribution in [0.4, 0.5) is 0 Å². The molecule has 1 unspecified atom stereocenters. The highest BCUT2D eigenvalue weighted by Crippen LogP contribution is 2.24. The summed E-state index contributed by atoms with van der Waals surface area (Å²) in [7, 11) is -3.26. The minimum absolute atomic E-state index is 0.131. The van der Waals surface area contributed by atoms with Crippen molar-refractivity contribution in [1.29, 1.82) is 0 Å². The van der Waals surface area contributed by atoms with E-state index < -0.39 is 15.9 Å². The van der Waals surface area contributed by atoms with Gasteiger partial charge in [0.1, 0.15) is 5.75 Å². The smallest absolute Gasteiger partial charge is 0.315 e. The fourth-order valence-electron chi connectivity index (χ4n) is 2.78. The van der Waals surface area contributed by atoms with Gasteiger partial charge in [-0.1, -0.05) is 19.1 Å². The van der Waals surface area contributed by atoms with Crippen molar-refractivity contribution in [2.24, 2.45) is 5.92 Å². The molecule has 1 saturated heterocycles. The Morgan fingerprint density at radius 2 is 2.09 bits per heavy atom. The van der Waals surface area contributed by atoms with E-state index in [4.69, 9.17) is 4.74 Å². The van der Waals surface area contributed by atoms with Gasteiger partial charge in [0, 0.05) is 13.1 Å². The predicted octanol–water partition coefficient (Wildman–Crippen LogP) is 2.66. The summed E-state index contributed by atoms with van der Waals surface area (Å²) in [5.41, 5.74) is 1.92. The monoisotopic (exact) mass is 339 g/mol. The van der Waals surface area contributed by atoms with Crippen LogP contribution in [0.5, 0.6) is 5.75 Å². The normalized spacial score (nSPS) is 19.5. The maximum atomic E-state index is 12.4. The second kappa shape index (κ2) is 7.45. The molecule has 0 bridgehead atoms. The van der Waals surface area contributed by atoms with Crippen molar-refractivity contribution < 1.29 is 17.9 Å². The molecule has 1 aliphatic rings. The van der Waals surface area contributed by atoms with E-state index in [9.17, 15) is 13.2 Å². The number of carbonyl (C=O) groups is 1. The van der Waals surface area contributed by atoms with Crippen LogP contribution >= 0.6 is 0 Å². The summed E-state index contributed by atoms with van der Waals surface area (Å²) in [5, 5.41) is 0. The number of sulfonamides is 1. The zero-order valence-corrected chi connectivity index (χ0v) is 14.9. The van der Waals surface area contributed by atoms with Crippen LogP contribution in [-0.4, -0.2) is 37.5 Å². The zero-order chi connectivity index (χ0) is 17.0. The van der Waals surface area contributed by atoms with E-state index in [2.05, 4.69) is 0 Å². The number of benzene rings is 1. The molecule has 0 radical (unpaired) electrons. The Morgan fingerprint density at radius 1 is 1.35 bits per heavy atom. The molecule has 0 aliphatic carbocycles. The Morgan fingerprint density at radius 3 is 2.78 bits per heavy atom. The van der Waals surface area contributed by atoms with Crippen molar-refractivity contribution in [2.75, 3.05) is 18.8 Å². The molecule has 6 heteroatoms. The van der Waals surface area contributed by atoms with Crippen LogP contribution in [0.3, 0.4) is 0 Å². The lowest BCUT2D eigenvalue weighted by Gasteiger charge is -2.30. The second-order valence-electron chi connectivity index (χ2n) is 6.20. The van der Waals surface area contributed by atoms with E-state index in [0.717, 1.165) is 11.1 Å². The number of esters is 1. The van der Waals surface area contributed by atoms with Gasteiger partial charge < -0.3 is 4.74 Å². The van der Waals surface area contributed by atoms with Crippen LogP contribution < -0.4 is 4.74 Å². The molecule has 0 aromatic heterocycles. The highest BCUT2D eigenvalue weighted by molar-refractivity contribution is 7.89. The quantitative estimate of drug-likeness (QED) is 0.611. The Balaban J connectivity index is 2.06. The van der Waals surface area contributed by atoms with Crippen LogP contribution in [0, 0.1) is 19.8 Å². The number of carbonyl (C=O) groups excluding carboxylic acids is 1. The van der Waals surface area contributed by atoms with E-state index in [-0.39, 0.29) is 18.3 Å². The van der Waals surface area contributed by atoms with Gasteiger partial charge in [0.25, 0.3) is 0 Å². The topological polar surface area (TPSA) is 63.7 Å². The summed E-state index contributed by atoms with van der Waals surface area (Å²) in [4.78, 5) is 12.4. The van der Waals surface area contributed by atoms with Crippen molar-refractivity contribution in [3.05, 3.63) is 29.3 Å². The van der Waals surface area contributed by atoms with E-state index in [1.807, 2.05) is 39.0 Å². The highest BCUT2D eigenvalue weighted by atomic mass is 32.2. The number of hydrogen-bond donors (Lipinski definition) is 0. The average molecular weight is 339 g/mol. The number of nitrogens with zero attached hydrogens (tertiary/aromatic N) is 1. The standard InChI is InChI=1S/C17H25NO4S/c1-4-10-23(20,21)18-9-5-6-15(12-18)17(19)22-16-11-13(2)7-8-14(16)3/h7-8,11,15H,4-6,9-10,12H2,1-3H3. The summed E-state index contributed by atoms with van der Waals surface area (Å²) in [6.45, 7) is 6.40. The van der Waals surface area contributed by atoms with Crippen molar-refractivity contribution >= 4 is 16.0 Å². The van der Waals surface area contributed by atoms with Gasteiger partial charge in [-0.3, -0.25) is 4.79 Å². The van der Waals surface area contributed by atoms with E-state index in [1.165, 1.54) is 4.31 Å². The molecule has 1 fully saturated rings. The largest absolute Gasteiger partial charge is 0.426 e. The Labute approximate surface area is 138 Å². The number of rotatable bonds is 5. The van der Waals surface area contributed by atoms with Crippen molar-refractivity contribution in [3.63, 3.8) is 0 Å². The van der Waals surface area contributed by atoms with Crippen molar-refractivity contribution in [2.45, 2.75) is 40.0 Å². The molecule has 0 N–H and O–H groups in total. The first kappa shape index (κ1) is 17.9. The van der Waals surface area contributed by atoms with Crippen LogP contribution in [0.25, 0.3) is 0 Å². The van der Waals surface area contributed by atoms with Crippen LogP contribution in [-0.2, 0) is 14.8 Å². The van der Waals surface area contributed by atoms with Gasteiger partial charge in [-0.15, -0.1) is 0 Å². The zero-order valence-electron chi connectivity index (χ0n) is 14.0. The van der Waals surface area contributed by atoms with E-state index in [0.29, 0.717) is 31.6 Å². The molecule has 1 heterocycles. The molecular formula is C17H25NO4S. The molecule has 1 aromatic rings. The number of piperidine rings is 1. The average Bonchev–Trinajstić information content (AvgIpc) is 2.51. The summed E-state index contributed by atoms with van der Waals surface area (Å²) in [5.74, 6) is -0.0416. The molecule has 23 heavy (non-hydrogen) atoms. The van der Waals surface area contributed by atoms with E-state index in [1.54, 1.807) is 0 Å². The number of ether oxygens (including phenoxy) is 1. The Hall–Kier alpha value is -1.40. The fraction of sp³-hybridized carbons (Fsp3) is 0.588. The number of aryl methyl sites for hydroxylation is 2. The molecular weight excluding hydrogens is 314 g/mol. The minimum atomic E-state index is -3.26. The molecule has 2 rings (SSSR count). The molecule has 0 amide bonds. The fourth-order valence-corrected chi connectivity index (χ4v) is 4.37. The maximum Gasteiger partial charge on any atom is 0.315 e. The lowest BCUT2D eigenvalue weighted by molar-refractivity contribution is -0.140. The minimum Gasteiger partial charge on any atom is -0.426 e. The van der Waals surface area contributed by atoms with Crippen LogP contribution in [0.15, 0.2) is 18.2 Å². The predicted molar refractivity (Wildman–Crippen MR) is 89.9 cm³/mol. The molecule has 1 atom stereocenters. The van der Waals surface area contributed by atoms with Gasteiger partial charge in [-0.2, -0.15) is 0 Å². The maximum absolute atomic E-state index is 12.4. The molecule has 1 aromatic carbocycles. The first-order valence-corrected chi connectivity index (χ1v) is 9.71. The van der Waals surface area contributed by atoms with Gasteiger partial charge in [0.15, 0.2) is 0 Å². The molecule has 1 aliphatic heterocycles. The SMILES string of the molecule is CCCS(=O)(=O)N1CCCC(C(=O)Oc2cc(C)ccc2C)C1. The summed E-state index contributed by atoms with van der Waals surface area (Å²) >= 11 is 0. The summed E-state index contributed by atoms with van der Waals surface area (Å²) in [6, 6.07) is 5.71. The lowest BCUT2D eigenvalue weighted by Crippen LogP contribution is -2.44. The lowest BCUT2D eigenvalue weighted by atomic mass is 10.00. The summed E-state index contributed by atoms with van der Waals surface area (Å²) < 4.78 is 31.3. The molecule has 5 nitrogen and oxygen atoms in total. The first-order chi connectivity index (χ1) is 10.8. The second-order valence-corrected chi connectivity index (χ2v) is 8.29. The highest BCUT2D eigenvalue weighted by Gasteiger charge is 2.33. The van der Waals surface area contributed by atoms with Gasteiger partial charge in [-0.05, 0) is 50.3 Å². The van der Waals surface area contributed by atoms with Gasteiger partial charge >= 0.3 is 5.97 Å². The Bertz CT molecular complexity index is 669. The van der Waals surface area contributed by atoms with Crippen molar-refractivity contribution in [3.8, 4) is 5.75 Å². The molecule has 0 spiro atoms. The van der Waals surface area contributed by atoms with Crippen molar-refractivity contribution in [1.82, 2.24) is 4.31 Å². The molecule has 0 saturated carbocycles. The third-order valence-electron chi connectivity index (χ3n) is 4.13. The van der Waals surface area contributed by atoms with Gasteiger partial charge in [0.05, 0.1) is 11.7 Å².